The van der Waals surface area contributed by atoms with E-state index in [1.807, 2.05) is 13.8 Å². The summed E-state index contributed by atoms with van der Waals surface area (Å²) in [4.78, 5) is 51.8. The summed E-state index contributed by atoms with van der Waals surface area (Å²) in [7, 11) is 0. The number of carbonyl (C=O) groups is 4. The molecule has 16 heteroatoms. The molecule has 7 N–H and O–H groups in total. The number of aliphatic hydroxyl groups is 3. The second kappa shape index (κ2) is 19.6. The smallest absolute Gasteiger partial charge is 0.336 e. The number of aromatic nitrogens is 3. The fraction of sp³-hybridized carbons (Fsp3) is 0.692. The van der Waals surface area contributed by atoms with Crippen LogP contribution in [0.1, 0.15) is 123 Å². The van der Waals surface area contributed by atoms with Crippen LogP contribution in [0.2, 0.25) is 0 Å². The van der Waals surface area contributed by atoms with E-state index in [2.05, 4.69) is 26.3 Å². The molecule has 1 aliphatic carbocycles. The van der Waals surface area contributed by atoms with E-state index in [0.717, 1.165) is 55.3 Å². The van der Waals surface area contributed by atoms with Gasteiger partial charge in [0.2, 0.25) is 11.8 Å². The first-order valence-electron chi connectivity index (χ1n) is 19.8. The summed E-state index contributed by atoms with van der Waals surface area (Å²) in [6, 6.07) is 1.99. The van der Waals surface area contributed by atoms with E-state index in [1.165, 1.54) is 11.1 Å². The molecule has 16 nitrogen and oxygen atoms in total. The van der Waals surface area contributed by atoms with Crippen molar-refractivity contribution >= 4 is 23.7 Å². The molecule has 2 fully saturated rings. The number of carboxylic acids is 1. The molecule has 0 unspecified atom stereocenters. The van der Waals surface area contributed by atoms with Crippen molar-refractivity contribution in [2.24, 2.45) is 0 Å². The van der Waals surface area contributed by atoms with Gasteiger partial charge in [0.25, 0.3) is 5.91 Å². The number of nitrogens with one attached hydrogen (secondary N) is 3. The quantitative estimate of drug-likeness (QED) is 0.232. The van der Waals surface area contributed by atoms with Gasteiger partial charge in [0, 0.05) is 43.6 Å². The third-order valence-electron chi connectivity index (χ3n) is 11.1. The van der Waals surface area contributed by atoms with Crippen molar-refractivity contribution < 1.29 is 49.1 Å². The monoisotopic (exact) mass is 770 g/mol. The molecule has 3 aliphatic heterocycles. The van der Waals surface area contributed by atoms with Crippen LogP contribution in [0.5, 0.6) is 5.75 Å². The standard InChI is InChI=1S/C39H58N6O10/c1-24-18-27-19-25(2)35(24)54-17-11-10-16-40-31(48)14-8-3-4-9-15-39(38(52)53)20-29(46)33(36(55-39)34(50)30(47)21-41-37(27)51)42-32(49)23-45-22-28(43-44-45)26-12-6-5-7-13-26/h18-19,22,26,29-30,33-34,36,46-47,50H,3-17,20-21,23H2,1-2H3,(H,40,48)(H,41,51)(H,42,49)(H,52,53)/t29-,30+,33+,34+,36+,39+/m0/s1. The largest absolute Gasteiger partial charge is 0.493 e. The van der Waals surface area contributed by atoms with Crippen molar-refractivity contribution in [2.75, 3.05) is 19.7 Å². The molecule has 4 aliphatic rings. The Labute approximate surface area is 321 Å². The molecule has 1 aromatic heterocycles. The van der Waals surface area contributed by atoms with Crippen molar-refractivity contribution in [3.05, 3.63) is 40.7 Å². The summed E-state index contributed by atoms with van der Waals surface area (Å²) in [6.45, 7) is 3.89. The average Bonchev–Trinajstić information content (AvgIpc) is 3.62. The molecule has 3 amide bonds. The lowest BCUT2D eigenvalue weighted by Crippen LogP contribution is -2.67. The minimum absolute atomic E-state index is 0.0258. The van der Waals surface area contributed by atoms with Crippen LogP contribution in [0.15, 0.2) is 18.3 Å². The predicted molar refractivity (Wildman–Crippen MR) is 199 cm³/mol. The normalized spacial score (nSPS) is 28.5. The van der Waals surface area contributed by atoms with Crippen LogP contribution in [0.25, 0.3) is 0 Å². The molecule has 2 aromatic rings. The molecule has 6 atom stereocenters. The number of aliphatic carboxylic acids is 1. The van der Waals surface area contributed by atoms with Crippen LogP contribution in [0.4, 0.5) is 0 Å². The van der Waals surface area contributed by atoms with Crippen molar-refractivity contribution in [3.63, 3.8) is 0 Å². The van der Waals surface area contributed by atoms with Gasteiger partial charge in [0.05, 0.1) is 30.6 Å². The zero-order valence-corrected chi connectivity index (χ0v) is 32.0. The van der Waals surface area contributed by atoms with Gasteiger partial charge in [-0.25, -0.2) is 9.48 Å². The first-order chi connectivity index (χ1) is 26.4. The van der Waals surface area contributed by atoms with Gasteiger partial charge in [0.15, 0.2) is 5.60 Å². The van der Waals surface area contributed by atoms with Crippen LogP contribution in [0, 0.1) is 13.8 Å². The molecule has 304 valence electrons. The van der Waals surface area contributed by atoms with E-state index in [4.69, 9.17) is 9.47 Å². The fourth-order valence-electron chi connectivity index (χ4n) is 8.00. The van der Waals surface area contributed by atoms with E-state index in [0.29, 0.717) is 56.6 Å². The molecule has 4 bridgehead atoms. The second-order valence-electron chi connectivity index (χ2n) is 15.4. The number of amides is 3. The number of rotatable bonds is 5. The number of aliphatic hydroxyl groups excluding tert-OH is 3. The Bertz CT molecular complexity index is 1610. The third-order valence-corrected chi connectivity index (χ3v) is 11.1. The maximum atomic E-state index is 13.4. The Hall–Kier alpha value is -4.12. The van der Waals surface area contributed by atoms with Gasteiger partial charge < -0.3 is 45.9 Å². The summed E-state index contributed by atoms with van der Waals surface area (Å²) in [5, 5.41) is 61.3. The van der Waals surface area contributed by atoms with Gasteiger partial charge >= 0.3 is 5.97 Å². The topological polar surface area (TPSA) is 234 Å². The lowest BCUT2D eigenvalue weighted by atomic mass is 9.80. The molecular weight excluding hydrogens is 712 g/mol. The number of fused-ring (bicyclic) bond motifs is 18. The van der Waals surface area contributed by atoms with E-state index in [1.54, 1.807) is 18.3 Å². The SMILES string of the molecule is Cc1cc2cc(C)c1OCCCCNC(=O)CCCCCC[C@]1(C(=O)O)C[C@H](O)[C@@H](NC(=O)Cn3cc(C4CCCCC4)nn3)[C@@H](O1)[C@H](O)[C@H](O)CNC2=O. The Kier molecular flexibility index (Phi) is 15.0. The number of hydrogen-bond acceptors (Lipinski definition) is 11. The fourth-order valence-corrected chi connectivity index (χ4v) is 8.00. The molecule has 1 aromatic carbocycles. The molecule has 55 heavy (non-hydrogen) atoms. The summed E-state index contributed by atoms with van der Waals surface area (Å²) >= 11 is 0. The highest BCUT2D eigenvalue weighted by Crippen LogP contribution is 2.37. The van der Waals surface area contributed by atoms with Crippen LogP contribution in [0.3, 0.4) is 0 Å². The summed E-state index contributed by atoms with van der Waals surface area (Å²) in [5.41, 5.74) is 0.623. The number of nitrogens with zero attached hydrogens (tertiary/aromatic N) is 3. The number of carbonyl (C=O) groups excluding carboxylic acids is 3. The number of carboxylic acid groups (broad SMARTS) is 1. The van der Waals surface area contributed by atoms with Crippen LogP contribution in [-0.4, -0.2) is 115 Å². The van der Waals surface area contributed by atoms with E-state index >= 15 is 0 Å². The van der Waals surface area contributed by atoms with Gasteiger partial charge in [-0.15, -0.1) is 5.10 Å². The highest BCUT2D eigenvalue weighted by molar-refractivity contribution is 5.95. The minimum Gasteiger partial charge on any atom is -0.493 e. The van der Waals surface area contributed by atoms with Crippen LogP contribution >= 0.6 is 0 Å². The second-order valence-corrected chi connectivity index (χ2v) is 15.4. The maximum Gasteiger partial charge on any atom is 0.336 e. The minimum atomic E-state index is -1.95. The number of benzene rings is 1. The number of hydrogen-bond donors (Lipinski definition) is 7. The molecule has 6 rings (SSSR count). The van der Waals surface area contributed by atoms with Crippen LogP contribution in [-0.2, 0) is 25.7 Å². The van der Waals surface area contributed by atoms with Gasteiger partial charge in [0.1, 0.15) is 24.5 Å². The van der Waals surface area contributed by atoms with Crippen molar-refractivity contribution in [1.82, 2.24) is 30.9 Å². The summed E-state index contributed by atoms with van der Waals surface area (Å²) in [6.07, 6.45) is 4.14. The highest BCUT2D eigenvalue weighted by atomic mass is 16.6. The van der Waals surface area contributed by atoms with Crippen molar-refractivity contribution in [3.8, 4) is 5.75 Å². The molecule has 4 heterocycles. The Morgan fingerprint density at radius 2 is 1.65 bits per heavy atom. The van der Waals surface area contributed by atoms with E-state index < -0.39 is 60.4 Å². The van der Waals surface area contributed by atoms with Gasteiger partial charge in [-0.3, -0.25) is 14.4 Å². The number of ether oxygens (including phenoxy) is 2. The zero-order valence-electron chi connectivity index (χ0n) is 32.0. The summed E-state index contributed by atoms with van der Waals surface area (Å²) in [5.74, 6) is -1.62. The highest BCUT2D eigenvalue weighted by Gasteiger charge is 2.54. The van der Waals surface area contributed by atoms with Gasteiger partial charge in [-0.1, -0.05) is 37.3 Å². The zero-order chi connectivity index (χ0) is 39.5. The van der Waals surface area contributed by atoms with Crippen molar-refractivity contribution in [1.29, 1.82) is 0 Å². The van der Waals surface area contributed by atoms with E-state index in [-0.39, 0.29) is 31.2 Å². The molecule has 0 spiro atoms. The van der Waals surface area contributed by atoms with Gasteiger partial charge in [-0.2, -0.15) is 0 Å². The maximum absolute atomic E-state index is 13.4. The Balaban J connectivity index is 1.34. The Morgan fingerprint density at radius 1 is 0.945 bits per heavy atom. The summed E-state index contributed by atoms with van der Waals surface area (Å²) < 4.78 is 13.6. The third kappa shape index (κ3) is 11.2. The van der Waals surface area contributed by atoms with Gasteiger partial charge in [-0.05, 0) is 82.1 Å². The van der Waals surface area contributed by atoms with Crippen molar-refractivity contribution in [2.45, 2.75) is 152 Å². The van der Waals surface area contributed by atoms with E-state index in [9.17, 15) is 39.6 Å². The molecular formula is C39H58N6O10. The predicted octanol–water partition coefficient (Wildman–Crippen LogP) is 2.18. The molecule has 0 radical (unpaired) electrons. The number of aryl methyl sites for hydroxylation is 2. The lowest BCUT2D eigenvalue weighted by Gasteiger charge is -2.47. The molecule has 1 saturated carbocycles. The van der Waals surface area contributed by atoms with Crippen LogP contribution < -0.4 is 20.7 Å². The molecule has 1 saturated heterocycles. The Morgan fingerprint density at radius 3 is 2.38 bits per heavy atom. The first kappa shape index (κ1) is 42.0. The first-order valence-corrected chi connectivity index (χ1v) is 19.8. The average molecular weight is 771 g/mol. The lowest BCUT2D eigenvalue weighted by molar-refractivity contribution is -0.229.